The lowest BCUT2D eigenvalue weighted by Gasteiger charge is -2.40. The van der Waals surface area contributed by atoms with Gasteiger partial charge < -0.3 is 9.47 Å². The third kappa shape index (κ3) is 2.52. The summed E-state index contributed by atoms with van der Waals surface area (Å²) in [6, 6.07) is 7.95. The number of hydrogen-bond donors (Lipinski definition) is 0. The fourth-order valence-corrected chi connectivity index (χ4v) is 1.95. The molecule has 0 spiro atoms. The molecule has 15 heavy (non-hydrogen) atoms. The monoisotopic (exact) mass is 270 g/mol. The number of benzene rings is 1. The van der Waals surface area contributed by atoms with E-state index in [4.69, 9.17) is 9.47 Å². The van der Waals surface area contributed by atoms with Gasteiger partial charge in [0.25, 0.3) is 0 Å². The van der Waals surface area contributed by atoms with Crippen LogP contribution in [0, 0.1) is 5.41 Å². The molecule has 0 N–H and O–H groups in total. The number of ether oxygens (including phenoxy) is 2. The predicted octanol–water partition coefficient (Wildman–Crippen LogP) is 3.25. The van der Waals surface area contributed by atoms with E-state index in [0.717, 1.165) is 36.5 Å². The molecule has 0 aromatic heterocycles. The zero-order chi connectivity index (χ0) is 10.7. The molecule has 1 heterocycles. The first-order valence-corrected chi connectivity index (χ1v) is 5.99. The summed E-state index contributed by atoms with van der Waals surface area (Å²) in [6.07, 6.45) is 1.11. The van der Waals surface area contributed by atoms with Crippen molar-refractivity contribution in [3.8, 4) is 5.75 Å². The van der Waals surface area contributed by atoms with Gasteiger partial charge in [0.1, 0.15) is 5.75 Å². The Morgan fingerprint density at radius 3 is 2.80 bits per heavy atom. The highest BCUT2D eigenvalue weighted by molar-refractivity contribution is 9.10. The van der Waals surface area contributed by atoms with E-state index >= 15 is 0 Å². The van der Waals surface area contributed by atoms with Crippen molar-refractivity contribution in [3.63, 3.8) is 0 Å². The minimum absolute atomic E-state index is 0.252. The van der Waals surface area contributed by atoms with Crippen LogP contribution in [0.5, 0.6) is 5.75 Å². The largest absolute Gasteiger partial charge is 0.493 e. The first-order valence-electron chi connectivity index (χ1n) is 5.20. The fourth-order valence-electron chi connectivity index (χ4n) is 1.57. The standard InChI is InChI=1S/C12H15BrO2/c1-2-12(7-14-8-12)9-15-11-5-3-4-10(13)6-11/h3-6H,2,7-9H2,1H3. The molecule has 0 amide bonds. The Morgan fingerprint density at radius 2 is 2.27 bits per heavy atom. The molecule has 1 fully saturated rings. The molecule has 0 unspecified atom stereocenters. The summed E-state index contributed by atoms with van der Waals surface area (Å²) in [4.78, 5) is 0. The van der Waals surface area contributed by atoms with E-state index in [1.165, 1.54) is 0 Å². The van der Waals surface area contributed by atoms with E-state index < -0.39 is 0 Å². The second-order valence-electron chi connectivity index (χ2n) is 4.09. The predicted molar refractivity (Wildman–Crippen MR) is 63.2 cm³/mol. The first kappa shape index (κ1) is 11.0. The molecule has 1 aliphatic heterocycles. The number of halogens is 1. The minimum Gasteiger partial charge on any atom is -0.493 e. The molecule has 3 heteroatoms. The maximum atomic E-state index is 5.78. The van der Waals surface area contributed by atoms with Gasteiger partial charge >= 0.3 is 0 Å². The Balaban J connectivity index is 1.92. The summed E-state index contributed by atoms with van der Waals surface area (Å²) in [5.74, 6) is 0.920. The number of rotatable bonds is 4. The summed E-state index contributed by atoms with van der Waals surface area (Å²) in [6.45, 7) is 4.60. The molecule has 82 valence electrons. The van der Waals surface area contributed by atoms with Crippen LogP contribution in [0.25, 0.3) is 0 Å². The van der Waals surface area contributed by atoms with Crippen LogP contribution in [0.2, 0.25) is 0 Å². The van der Waals surface area contributed by atoms with E-state index in [1.807, 2.05) is 24.3 Å². The van der Waals surface area contributed by atoms with Gasteiger partial charge in [-0.25, -0.2) is 0 Å². The highest BCUT2D eigenvalue weighted by Crippen LogP contribution is 2.32. The molecule has 2 nitrogen and oxygen atoms in total. The van der Waals surface area contributed by atoms with Gasteiger partial charge in [-0.3, -0.25) is 0 Å². The highest BCUT2D eigenvalue weighted by Gasteiger charge is 2.37. The van der Waals surface area contributed by atoms with E-state index in [1.54, 1.807) is 0 Å². The molecule has 1 aromatic carbocycles. The third-order valence-corrected chi connectivity index (χ3v) is 3.40. The third-order valence-electron chi connectivity index (χ3n) is 2.91. The van der Waals surface area contributed by atoms with Gasteiger partial charge in [-0.1, -0.05) is 28.9 Å². The lowest BCUT2D eigenvalue weighted by molar-refractivity contribution is -0.133. The second kappa shape index (κ2) is 4.54. The van der Waals surface area contributed by atoms with Crippen LogP contribution in [0.3, 0.4) is 0 Å². The van der Waals surface area contributed by atoms with Crippen molar-refractivity contribution in [3.05, 3.63) is 28.7 Å². The Bertz CT molecular complexity index is 329. The van der Waals surface area contributed by atoms with E-state index in [0.29, 0.717) is 0 Å². The van der Waals surface area contributed by atoms with Crippen LogP contribution in [0.15, 0.2) is 28.7 Å². The molecular weight excluding hydrogens is 256 g/mol. The molecule has 2 rings (SSSR count). The topological polar surface area (TPSA) is 18.5 Å². The van der Waals surface area contributed by atoms with Gasteiger partial charge in [0.2, 0.25) is 0 Å². The van der Waals surface area contributed by atoms with E-state index in [-0.39, 0.29) is 5.41 Å². The summed E-state index contributed by atoms with van der Waals surface area (Å²) < 4.78 is 12.1. The summed E-state index contributed by atoms with van der Waals surface area (Å²) in [5, 5.41) is 0. The molecular formula is C12H15BrO2. The second-order valence-corrected chi connectivity index (χ2v) is 5.01. The molecule has 0 atom stereocenters. The average molecular weight is 271 g/mol. The first-order chi connectivity index (χ1) is 7.24. The van der Waals surface area contributed by atoms with Gasteiger partial charge in [-0.15, -0.1) is 0 Å². The summed E-state index contributed by atoms with van der Waals surface area (Å²) in [5.41, 5.74) is 0.252. The van der Waals surface area contributed by atoms with Crippen molar-refractivity contribution in [2.45, 2.75) is 13.3 Å². The highest BCUT2D eigenvalue weighted by atomic mass is 79.9. The Hall–Kier alpha value is -0.540. The smallest absolute Gasteiger partial charge is 0.120 e. The molecule has 0 radical (unpaired) electrons. The Labute approximate surface area is 98.7 Å². The maximum absolute atomic E-state index is 5.78. The van der Waals surface area contributed by atoms with Crippen LogP contribution in [-0.2, 0) is 4.74 Å². The summed E-state index contributed by atoms with van der Waals surface area (Å²) >= 11 is 3.43. The SMILES string of the molecule is CCC1(COc2cccc(Br)c2)COC1. The van der Waals surface area contributed by atoms with Crippen molar-refractivity contribution in [1.29, 1.82) is 0 Å². The molecule has 0 saturated carbocycles. The van der Waals surface area contributed by atoms with Crippen LogP contribution in [0.1, 0.15) is 13.3 Å². The van der Waals surface area contributed by atoms with Crippen molar-refractivity contribution in [2.24, 2.45) is 5.41 Å². The molecule has 1 aromatic rings. The Morgan fingerprint density at radius 1 is 1.47 bits per heavy atom. The van der Waals surface area contributed by atoms with E-state index in [9.17, 15) is 0 Å². The quantitative estimate of drug-likeness (QED) is 0.836. The normalized spacial score (nSPS) is 18.3. The zero-order valence-corrected chi connectivity index (χ0v) is 10.4. The lowest BCUT2D eigenvalue weighted by Crippen LogP contribution is -2.46. The average Bonchev–Trinajstić information content (AvgIpc) is 2.17. The fraction of sp³-hybridized carbons (Fsp3) is 0.500. The maximum Gasteiger partial charge on any atom is 0.120 e. The van der Waals surface area contributed by atoms with Crippen molar-refractivity contribution < 1.29 is 9.47 Å². The van der Waals surface area contributed by atoms with Crippen LogP contribution >= 0.6 is 15.9 Å². The molecule has 0 bridgehead atoms. The van der Waals surface area contributed by atoms with Gasteiger partial charge in [0.15, 0.2) is 0 Å². The Kier molecular flexibility index (Phi) is 3.32. The number of hydrogen-bond acceptors (Lipinski definition) is 2. The van der Waals surface area contributed by atoms with Crippen LogP contribution < -0.4 is 4.74 Å². The lowest BCUT2D eigenvalue weighted by atomic mass is 9.84. The summed E-state index contributed by atoms with van der Waals surface area (Å²) in [7, 11) is 0. The van der Waals surface area contributed by atoms with Gasteiger partial charge in [-0.05, 0) is 24.6 Å². The van der Waals surface area contributed by atoms with Crippen molar-refractivity contribution >= 4 is 15.9 Å². The van der Waals surface area contributed by atoms with Crippen molar-refractivity contribution in [1.82, 2.24) is 0 Å². The van der Waals surface area contributed by atoms with Gasteiger partial charge in [0.05, 0.1) is 25.2 Å². The molecule has 1 aliphatic rings. The zero-order valence-electron chi connectivity index (χ0n) is 8.83. The van der Waals surface area contributed by atoms with E-state index in [2.05, 4.69) is 22.9 Å². The van der Waals surface area contributed by atoms with Gasteiger partial charge in [-0.2, -0.15) is 0 Å². The van der Waals surface area contributed by atoms with Gasteiger partial charge in [0, 0.05) is 4.47 Å². The minimum atomic E-state index is 0.252. The molecule has 0 aliphatic carbocycles. The van der Waals surface area contributed by atoms with Crippen LogP contribution in [-0.4, -0.2) is 19.8 Å². The van der Waals surface area contributed by atoms with Crippen molar-refractivity contribution in [2.75, 3.05) is 19.8 Å². The van der Waals surface area contributed by atoms with Crippen LogP contribution in [0.4, 0.5) is 0 Å². The molecule has 1 saturated heterocycles.